The average molecular weight is 567 g/mol. The van der Waals surface area contributed by atoms with Crippen LogP contribution in [0.2, 0.25) is 0 Å². The highest BCUT2D eigenvalue weighted by molar-refractivity contribution is 7.26. The highest BCUT2D eigenvalue weighted by Crippen LogP contribution is 2.43. The molecule has 0 saturated carbocycles. The number of benzene rings is 6. The second kappa shape index (κ2) is 8.51. The van der Waals surface area contributed by atoms with Crippen LogP contribution in [0.15, 0.2) is 133 Å². The Morgan fingerprint density at radius 2 is 0.907 bits per heavy atom. The van der Waals surface area contributed by atoms with E-state index in [1.165, 1.54) is 42.4 Å². The molecule has 43 heavy (non-hydrogen) atoms. The monoisotopic (exact) mass is 566 g/mol. The molecule has 0 aliphatic carbocycles. The zero-order chi connectivity index (χ0) is 28.1. The van der Waals surface area contributed by atoms with Crippen LogP contribution in [0.3, 0.4) is 0 Å². The van der Waals surface area contributed by atoms with Crippen LogP contribution < -0.4 is 0 Å². The van der Waals surface area contributed by atoms with Crippen LogP contribution in [-0.4, -0.2) is 19.1 Å². The largest absolute Gasteiger partial charge is 0.293 e. The van der Waals surface area contributed by atoms with Crippen LogP contribution >= 0.6 is 11.3 Å². The first-order valence-electron chi connectivity index (χ1n) is 14.4. The Bertz CT molecular complexity index is 2640. The van der Waals surface area contributed by atoms with Gasteiger partial charge in [0.2, 0.25) is 5.95 Å². The molecule has 10 rings (SSSR count). The molecule has 6 aromatic carbocycles. The topological polar surface area (TPSA) is 35.6 Å². The van der Waals surface area contributed by atoms with Crippen LogP contribution in [0.1, 0.15) is 0 Å². The minimum atomic E-state index is 0.678. The molecule has 0 aliphatic rings. The number of para-hydroxylation sites is 4. The van der Waals surface area contributed by atoms with E-state index in [4.69, 9.17) is 9.97 Å². The summed E-state index contributed by atoms with van der Waals surface area (Å²) in [7, 11) is 0. The van der Waals surface area contributed by atoms with Crippen LogP contribution in [0, 0.1) is 0 Å². The molecule has 0 unspecified atom stereocenters. The normalized spacial score (nSPS) is 12.2. The van der Waals surface area contributed by atoms with Crippen molar-refractivity contribution in [2.75, 3.05) is 0 Å². The minimum Gasteiger partial charge on any atom is -0.293 e. The summed E-state index contributed by atoms with van der Waals surface area (Å²) in [5, 5.41) is 9.57. The van der Waals surface area contributed by atoms with E-state index in [2.05, 4.69) is 143 Å². The fraction of sp³-hybridized carbons (Fsp3) is 0. The molecule has 4 aromatic heterocycles. The standard InChI is InChI=1S/C38H22N4S/c1-2-12-24-23(11-1)21-22-29-34-36(41-30-17-7-3-13-25(30)26-14-4-8-18-31(26)41)39-38(40-37(34)43-35(24)29)42-32-19-9-5-15-27(32)28-16-6-10-20-33(28)42/h1-22H. The van der Waals surface area contributed by atoms with Crippen molar-refractivity contribution in [3.8, 4) is 11.8 Å². The second-order valence-electron chi connectivity index (χ2n) is 11.0. The van der Waals surface area contributed by atoms with Gasteiger partial charge in [0.25, 0.3) is 0 Å². The van der Waals surface area contributed by atoms with E-state index < -0.39 is 0 Å². The number of aromatic nitrogens is 4. The SMILES string of the molecule is c1ccc2c(c1)ccc1c2sc2nc(-n3c4ccccc4c4ccccc43)nc(-n3c4ccccc4c4ccccc43)c21. The Labute approximate surface area is 249 Å². The van der Waals surface area contributed by atoms with E-state index in [0.717, 1.165) is 38.1 Å². The lowest BCUT2D eigenvalue weighted by molar-refractivity contribution is 0.976. The van der Waals surface area contributed by atoms with E-state index in [1.807, 2.05) is 0 Å². The Hall–Kier alpha value is -5.52. The van der Waals surface area contributed by atoms with Gasteiger partial charge in [-0.2, -0.15) is 4.98 Å². The number of fused-ring (bicyclic) bond motifs is 11. The molecule has 4 nitrogen and oxygen atoms in total. The lowest BCUT2D eigenvalue weighted by Crippen LogP contribution is -2.06. The summed E-state index contributed by atoms with van der Waals surface area (Å²) in [5.74, 6) is 1.58. The fourth-order valence-electron chi connectivity index (χ4n) is 6.92. The van der Waals surface area contributed by atoms with Gasteiger partial charge in [-0.1, -0.05) is 109 Å². The summed E-state index contributed by atoms with van der Waals surface area (Å²) >= 11 is 1.76. The molecular formula is C38H22N4S. The maximum Gasteiger partial charge on any atom is 0.238 e. The zero-order valence-electron chi connectivity index (χ0n) is 22.9. The molecule has 0 fully saturated rings. The van der Waals surface area contributed by atoms with Gasteiger partial charge in [0.15, 0.2) is 5.82 Å². The van der Waals surface area contributed by atoms with Crippen molar-refractivity contribution in [2.24, 2.45) is 0 Å². The molecule has 0 spiro atoms. The zero-order valence-corrected chi connectivity index (χ0v) is 23.7. The molecule has 0 bridgehead atoms. The number of hydrogen-bond donors (Lipinski definition) is 0. The summed E-state index contributed by atoms with van der Waals surface area (Å²) in [5.41, 5.74) is 4.47. The van der Waals surface area contributed by atoms with Crippen molar-refractivity contribution >= 4 is 86.0 Å². The molecule has 200 valence electrons. The molecule has 10 aromatic rings. The predicted octanol–water partition coefficient (Wildman–Crippen LogP) is 10.2. The summed E-state index contributed by atoms with van der Waals surface area (Å²) < 4.78 is 5.81. The van der Waals surface area contributed by atoms with Crippen molar-refractivity contribution in [2.45, 2.75) is 0 Å². The highest BCUT2D eigenvalue weighted by atomic mass is 32.1. The highest BCUT2D eigenvalue weighted by Gasteiger charge is 2.23. The smallest absolute Gasteiger partial charge is 0.238 e. The van der Waals surface area contributed by atoms with Gasteiger partial charge in [-0.3, -0.25) is 9.13 Å². The number of nitrogens with zero attached hydrogens (tertiary/aromatic N) is 4. The third-order valence-corrected chi connectivity index (χ3v) is 9.90. The van der Waals surface area contributed by atoms with Gasteiger partial charge in [-0.05, 0) is 35.0 Å². The van der Waals surface area contributed by atoms with Crippen LogP contribution in [0.5, 0.6) is 0 Å². The molecule has 0 amide bonds. The Morgan fingerprint density at radius 1 is 0.419 bits per heavy atom. The van der Waals surface area contributed by atoms with E-state index in [0.29, 0.717) is 5.95 Å². The van der Waals surface area contributed by atoms with Crippen molar-refractivity contribution in [1.29, 1.82) is 0 Å². The maximum absolute atomic E-state index is 5.51. The molecule has 0 aliphatic heterocycles. The lowest BCUT2D eigenvalue weighted by atomic mass is 10.1. The molecule has 0 radical (unpaired) electrons. The summed E-state index contributed by atoms with van der Waals surface area (Å²) in [6.07, 6.45) is 0. The first-order valence-corrected chi connectivity index (χ1v) is 15.3. The average Bonchev–Trinajstić information content (AvgIpc) is 3.72. The van der Waals surface area contributed by atoms with E-state index in [-0.39, 0.29) is 0 Å². The Balaban J connectivity index is 1.43. The summed E-state index contributed by atoms with van der Waals surface area (Å²) in [6, 6.07) is 47.5. The molecule has 5 heteroatoms. The third-order valence-electron chi connectivity index (χ3n) is 8.76. The Morgan fingerprint density at radius 3 is 1.49 bits per heavy atom. The predicted molar refractivity (Wildman–Crippen MR) is 181 cm³/mol. The van der Waals surface area contributed by atoms with Crippen LogP contribution in [-0.2, 0) is 0 Å². The lowest BCUT2D eigenvalue weighted by Gasteiger charge is -2.13. The fourth-order valence-corrected chi connectivity index (χ4v) is 8.12. The first kappa shape index (κ1) is 23.1. The van der Waals surface area contributed by atoms with Crippen LogP contribution in [0.4, 0.5) is 0 Å². The van der Waals surface area contributed by atoms with Gasteiger partial charge < -0.3 is 0 Å². The van der Waals surface area contributed by atoms with Gasteiger partial charge in [-0.25, -0.2) is 4.98 Å². The molecule has 0 N–H and O–H groups in total. The van der Waals surface area contributed by atoms with Crippen molar-refractivity contribution in [3.05, 3.63) is 133 Å². The minimum absolute atomic E-state index is 0.678. The molecule has 4 heterocycles. The van der Waals surface area contributed by atoms with Gasteiger partial charge in [-0.15, -0.1) is 11.3 Å². The van der Waals surface area contributed by atoms with Gasteiger partial charge in [0.05, 0.1) is 27.5 Å². The molecule has 0 saturated heterocycles. The molecule has 0 atom stereocenters. The van der Waals surface area contributed by atoms with Gasteiger partial charge >= 0.3 is 0 Å². The van der Waals surface area contributed by atoms with E-state index in [1.54, 1.807) is 11.3 Å². The maximum atomic E-state index is 5.51. The van der Waals surface area contributed by atoms with Crippen molar-refractivity contribution < 1.29 is 0 Å². The summed E-state index contributed by atoms with van der Waals surface area (Å²) in [4.78, 5) is 11.8. The van der Waals surface area contributed by atoms with Gasteiger partial charge in [0.1, 0.15) is 4.83 Å². The Kier molecular flexibility index (Phi) is 4.57. The summed E-state index contributed by atoms with van der Waals surface area (Å²) in [6.45, 7) is 0. The van der Waals surface area contributed by atoms with E-state index in [9.17, 15) is 0 Å². The number of thiophene rings is 1. The third kappa shape index (κ3) is 3.09. The van der Waals surface area contributed by atoms with Crippen molar-refractivity contribution in [3.63, 3.8) is 0 Å². The van der Waals surface area contributed by atoms with Crippen molar-refractivity contribution in [1.82, 2.24) is 19.1 Å². The molecular weight excluding hydrogens is 545 g/mol. The van der Waals surface area contributed by atoms with E-state index >= 15 is 0 Å². The number of rotatable bonds is 2. The quantitative estimate of drug-likeness (QED) is 0.209. The van der Waals surface area contributed by atoms with Gasteiger partial charge in [0, 0.05) is 31.6 Å². The van der Waals surface area contributed by atoms with Crippen LogP contribution in [0.25, 0.3) is 86.5 Å². The first-order chi connectivity index (χ1) is 21.3. The second-order valence-corrected chi connectivity index (χ2v) is 12.0. The number of hydrogen-bond acceptors (Lipinski definition) is 3.